The van der Waals surface area contributed by atoms with Crippen molar-refractivity contribution >= 4 is 11.9 Å². The smallest absolute Gasteiger partial charge is 0.254 e. The number of nitrogens with one attached hydrogen (secondary N) is 1. The molecule has 1 N–H and O–H groups in total. The van der Waals surface area contributed by atoms with Crippen molar-refractivity contribution in [1.29, 1.82) is 0 Å². The molecule has 3 rings (SSSR count). The van der Waals surface area contributed by atoms with Gasteiger partial charge in [0.25, 0.3) is 5.91 Å². The maximum atomic E-state index is 12.3. The first kappa shape index (κ1) is 18.0. The SMILES string of the molecule is CCCN(CCC)c1ncc(C(=O)NCc2ccc3c(c2)OCO3)cn1. The van der Waals surface area contributed by atoms with Gasteiger partial charge in [0, 0.05) is 32.0 Å². The Morgan fingerprint density at radius 2 is 1.81 bits per heavy atom. The zero-order valence-electron chi connectivity index (χ0n) is 15.2. The largest absolute Gasteiger partial charge is 0.454 e. The third-order valence-electron chi connectivity index (χ3n) is 4.06. The fourth-order valence-electron chi connectivity index (χ4n) is 2.79. The lowest BCUT2D eigenvalue weighted by Gasteiger charge is -2.21. The molecule has 7 nitrogen and oxygen atoms in total. The molecule has 1 amide bonds. The van der Waals surface area contributed by atoms with Gasteiger partial charge in [-0.15, -0.1) is 0 Å². The van der Waals surface area contributed by atoms with Crippen molar-refractivity contribution < 1.29 is 14.3 Å². The molecule has 2 aromatic rings. The number of amides is 1. The molecular formula is C19H24N4O3. The highest BCUT2D eigenvalue weighted by Crippen LogP contribution is 2.32. The summed E-state index contributed by atoms with van der Waals surface area (Å²) in [6.07, 6.45) is 5.22. The highest BCUT2D eigenvalue weighted by atomic mass is 16.7. The number of carbonyl (C=O) groups excluding carboxylic acids is 1. The molecule has 0 saturated carbocycles. The number of benzene rings is 1. The zero-order chi connectivity index (χ0) is 18.4. The molecule has 0 spiro atoms. The van der Waals surface area contributed by atoms with Gasteiger partial charge in [-0.05, 0) is 30.5 Å². The van der Waals surface area contributed by atoms with Crippen molar-refractivity contribution in [1.82, 2.24) is 15.3 Å². The number of aromatic nitrogens is 2. The van der Waals surface area contributed by atoms with E-state index in [1.165, 1.54) is 0 Å². The van der Waals surface area contributed by atoms with Crippen LogP contribution >= 0.6 is 0 Å². The summed E-state index contributed by atoms with van der Waals surface area (Å²) in [5.41, 5.74) is 1.39. The second-order valence-corrected chi connectivity index (χ2v) is 6.13. The van der Waals surface area contributed by atoms with Crippen molar-refractivity contribution in [2.45, 2.75) is 33.2 Å². The van der Waals surface area contributed by atoms with E-state index in [2.05, 4.69) is 34.0 Å². The van der Waals surface area contributed by atoms with Crippen LogP contribution in [0.3, 0.4) is 0 Å². The molecule has 0 radical (unpaired) electrons. The van der Waals surface area contributed by atoms with Crippen LogP contribution in [0.4, 0.5) is 5.95 Å². The van der Waals surface area contributed by atoms with Crippen LogP contribution in [-0.4, -0.2) is 35.8 Å². The van der Waals surface area contributed by atoms with Crippen molar-refractivity contribution in [3.8, 4) is 11.5 Å². The average Bonchev–Trinajstić information content (AvgIpc) is 3.14. The van der Waals surface area contributed by atoms with Crippen LogP contribution < -0.4 is 19.7 Å². The van der Waals surface area contributed by atoms with Crippen LogP contribution in [0.5, 0.6) is 11.5 Å². The minimum absolute atomic E-state index is 0.202. The zero-order valence-corrected chi connectivity index (χ0v) is 15.2. The maximum Gasteiger partial charge on any atom is 0.254 e. The molecule has 0 bridgehead atoms. The predicted molar refractivity (Wildman–Crippen MR) is 98.6 cm³/mol. The second-order valence-electron chi connectivity index (χ2n) is 6.13. The van der Waals surface area contributed by atoms with Crippen LogP contribution in [0.25, 0.3) is 0 Å². The Kier molecular flexibility index (Phi) is 5.88. The first-order chi connectivity index (χ1) is 12.7. The normalized spacial score (nSPS) is 12.1. The van der Waals surface area contributed by atoms with Crippen LogP contribution in [0.2, 0.25) is 0 Å². The van der Waals surface area contributed by atoms with E-state index in [0.717, 1.165) is 37.2 Å². The number of rotatable bonds is 8. The Morgan fingerprint density at radius 1 is 1.12 bits per heavy atom. The van der Waals surface area contributed by atoms with Crippen LogP contribution in [0.1, 0.15) is 42.6 Å². The maximum absolute atomic E-state index is 12.3. The minimum Gasteiger partial charge on any atom is -0.454 e. The summed E-state index contributed by atoms with van der Waals surface area (Å²) >= 11 is 0. The molecule has 0 unspecified atom stereocenters. The Morgan fingerprint density at radius 3 is 2.50 bits per heavy atom. The molecule has 1 aliphatic heterocycles. The first-order valence-electron chi connectivity index (χ1n) is 8.95. The molecule has 1 aromatic heterocycles. The fraction of sp³-hybridized carbons (Fsp3) is 0.421. The van der Waals surface area contributed by atoms with E-state index >= 15 is 0 Å². The summed E-state index contributed by atoms with van der Waals surface area (Å²) < 4.78 is 10.6. The number of hydrogen-bond donors (Lipinski definition) is 1. The van der Waals surface area contributed by atoms with Gasteiger partial charge in [0.2, 0.25) is 12.7 Å². The molecule has 7 heteroatoms. The van der Waals surface area contributed by atoms with Gasteiger partial charge in [0.15, 0.2) is 11.5 Å². The number of nitrogens with zero attached hydrogens (tertiary/aromatic N) is 3. The van der Waals surface area contributed by atoms with Gasteiger partial charge in [-0.3, -0.25) is 4.79 Å². The molecule has 1 aromatic carbocycles. The van der Waals surface area contributed by atoms with Crippen LogP contribution in [-0.2, 0) is 6.54 Å². The second kappa shape index (κ2) is 8.51. The standard InChI is InChI=1S/C19H24N4O3/c1-3-7-23(8-4-2)19-21-11-15(12-22-19)18(24)20-10-14-5-6-16-17(9-14)26-13-25-16/h5-6,9,11-12H,3-4,7-8,10,13H2,1-2H3,(H,20,24). The summed E-state index contributed by atoms with van der Waals surface area (Å²) in [5.74, 6) is 1.90. The van der Waals surface area contributed by atoms with Gasteiger partial charge in [0.05, 0.1) is 5.56 Å². The summed E-state index contributed by atoms with van der Waals surface area (Å²) in [5, 5.41) is 2.88. The summed E-state index contributed by atoms with van der Waals surface area (Å²) in [6, 6.07) is 5.62. The van der Waals surface area contributed by atoms with E-state index in [9.17, 15) is 4.79 Å². The molecule has 2 heterocycles. The lowest BCUT2D eigenvalue weighted by molar-refractivity contribution is 0.0950. The molecule has 1 aliphatic rings. The topological polar surface area (TPSA) is 76.6 Å². The number of fused-ring (bicyclic) bond motifs is 1. The van der Waals surface area contributed by atoms with Crippen LogP contribution in [0.15, 0.2) is 30.6 Å². The lowest BCUT2D eigenvalue weighted by atomic mass is 10.2. The summed E-state index contributed by atoms with van der Waals surface area (Å²) in [4.78, 5) is 23.2. The van der Waals surface area contributed by atoms with Gasteiger partial charge < -0.3 is 19.7 Å². The van der Waals surface area contributed by atoms with Crippen molar-refractivity contribution in [2.75, 3.05) is 24.8 Å². The average molecular weight is 356 g/mol. The number of hydrogen-bond acceptors (Lipinski definition) is 6. The molecule has 138 valence electrons. The van der Waals surface area contributed by atoms with Crippen molar-refractivity contribution in [2.24, 2.45) is 0 Å². The first-order valence-corrected chi connectivity index (χ1v) is 8.95. The van der Waals surface area contributed by atoms with Gasteiger partial charge in [-0.25, -0.2) is 9.97 Å². The van der Waals surface area contributed by atoms with Gasteiger partial charge >= 0.3 is 0 Å². The predicted octanol–water partition coefficient (Wildman–Crippen LogP) is 2.76. The Hall–Kier alpha value is -2.83. The van der Waals surface area contributed by atoms with Gasteiger partial charge in [-0.1, -0.05) is 19.9 Å². The molecule has 26 heavy (non-hydrogen) atoms. The Bertz CT molecular complexity index is 743. The lowest BCUT2D eigenvalue weighted by Crippen LogP contribution is -2.28. The van der Waals surface area contributed by atoms with Crippen molar-refractivity contribution in [3.05, 3.63) is 41.7 Å². The third kappa shape index (κ3) is 4.22. The van der Waals surface area contributed by atoms with E-state index in [-0.39, 0.29) is 12.7 Å². The summed E-state index contributed by atoms with van der Waals surface area (Å²) in [7, 11) is 0. The number of carbonyl (C=O) groups is 1. The highest BCUT2D eigenvalue weighted by Gasteiger charge is 2.14. The quantitative estimate of drug-likeness (QED) is 0.784. The van der Waals surface area contributed by atoms with Gasteiger partial charge in [0.1, 0.15) is 0 Å². The highest BCUT2D eigenvalue weighted by molar-refractivity contribution is 5.93. The molecular weight excluding hydrogens is 332 g/mol. The van der Waals surface area contributed by atoms with E-state index in [1.54, 1.807) is 12.4 Å². The Labute approximate surface area is 153 Å². The number of ether oxygens (including phenoxy) is 2. The monoisotopic (exact) mass is 356 g/mol. The van der Waals surface area contributed by atoms with Crippen molar-refractivity contribution in [3.63, 3.8) is 0 Å². The minimum atomic E-state index is -0.202. The molecule has 0 atom stereocenters. The molecule has 0 saturated heterocycles. The van der Waals surface area contributed by atoms with E-state index < -0.39 is 0 Å². The molecule has 0 aliphatic carbocycles. The Balaban J connectivity index is 1.59. The van der Waals surface area contributed by atoms with Gasteiger partial charge in [-0.2, -0.15) is 0 Å². The van der Waals surface area contributed by atoms with E-state index in [0.29, 0.717) is 23.8 Å². The summed E-state index contributed by atoms with van der Waals surface area (Å²) in [6.45, 7) is 6.70. The molecule has 0 fully saturated rings. The van der Waals surface area contributed by atoms with Crippen LogP contribution in [0, 0.1) is 0 Å². The third-order valence-corrected chi connectivity index (χ3v) is 4.06. The van der Waals surface area contributed by atoms with E-state index in [4.69, 9.17) is 9.47 Å². The fourth-order valence-corrected chi connectivity index (χ4v) is 2.79. The van der Waals surface area contributed by atoms with E-state index in [1.807, 2.05) is 18.2 Å². The number of anilines is 1.